The van der Waals surface area contributed by atoms with Crippen LogP contribution >= 0.6 is 11.6 Å². The van der Waals surface area contributed by atoms with E-state index < -0.39 is 0 Å². The largest absolute Gasteiger partial charge is 0.383 e. The molecule has 0 fully saturated rings. The number of hydrogen-bond acceptors (Lipinski definition) is 2. The fourth-order valence-electron chi connectivity index (χ4n) is 1.54. The minimum atomic E-state index is -0.226. The first-order valence-electron chi connectivity index (χ1n) is 5.31. The van der Waals surface area contributed by atoms with E-state index in [0.717, 1.165) is 12.1 Å². The first-order valence-corrected chi connectivity index (χ1v) is 5.84. The maximum absolute atomic E-state index is 13.8. The van der Waals surface area contributed by atoms with Gasteiger partial charge in [-0.25, -0.2) is 4.39 Å². The van der Waals surface area contributed by atoms with Crippen LogP contribution in [0.1, 0.15) is 12.5 Å². The summed E-state index contributed by atoms with van der Waals surface area (Å²) in [6.45, 7) is 4.01. The van der Waals surface area contributed by atoms with Crippen LogP contribution in [0.5, 0.6) is 0 Å². The van der Waals surface area contributed by atoms with Gasteiger partial charge in [-0.3, -0.25) is 0 Å². The minimum Gasteiger partial charge on any atom is -0.383 e. The van der Waals surface area contributed by atoms with E-state index in [1.54, 1.807) is 13.2 Å². The zero-order valence-corrected chi connectivity index (χ0v) is 10.4. The van der Waals surface area contributed by atoms with Crippen LogP contribution in [0.2, 0.25) is 0 Å². The summed E-state index contributed by atoms with van der Waals surface area (Å²) in [4.78, 5) is 1.94. The molecule has 1 aromatic rings. The summed E-state index contributed by atoms with van der Waals surface area (Å²) >= 11 is 5.65. The summed E-state index contributed by atoms with van der Waals surface area (Å²) in [5.41, 5.74) is 1.40. The molecule has 0 saturated carbocycles. The van der Waals surface area contributed by atoms with Gasteiger partial charge in [-0.05, 0) is 24.6 Å². The van der Waals surface area contributed by atoms with Gasteiger partial charge in [-0.1, -0.05) is 6.07 Å². The van der Waals surface area contributed by atoms with Crippen molar-refractivity contribution in [1.29, 1.82) is 0 Å². The highest BCUT2D eigenvalue weighted by molar-refractivity contribution is 6.17. The smallest absolute Gasteiger partial charge is 0.146 e. The molecule has 2 nitrogen and oxygen atoms in total. The van der Waals surface area contributed by atoms with Gasteiger partial charge in [0.2, 0.25) is 0 Å². The Morgan fingerprint density at radius 2 is 2.19 bits per heavy atom. The molecule has 0 unspecified atom stereocenters. The van der Waals surface area contributed by atoms with Crippen LogP contribution in [-0.2, 0) is 10.6 Å². The zero-order valence-electron chi connectivity index (χ0n) is 9.67. The van der Waals surface area contributed by atoms with Crippen LogP contribution in [0.25, 0.3) is 0 Å². The standard InChI is InChI=1S/C12H17ClFNO/c1-3-15(6-7-16-2)12-5-4-10(9-13)8-11(12)14/h4-5,8H,3,6-7,9H2,1-2H3. The Hall–Kier alpha value is -0.800. The maximum Gasteiger partial charge on any atom is 0.146 e. The lowest BCUT2D eigenvalue weighted by atomic mass is 10.2. The number of methoxy groups -OCH3 is 1. The van der Waals surface area contributed by atoms with Gasteiger partial charge in [0.25, 0.3) is 0 Å². The van der Waals surface area contributed by atoms with Crippen molar-refractivity contribution in [3.63, 3.8) is 0 Å². The fourth-order valence-corrected chi connectivity index (χ4v) is 1.71. The second-order valence-electron chi connectivity index (χ2n) is 3.49. The quantitative estimate of drug-likeness (QED) is 0.715. The lowest BCUT2D eigenvalue weighted by Gasteiger charge is -2.23. The van der Waals surface area contributed by atoms with Gasteiger partial charge in [0.15, 0.2) is 0 Å². The van der Waals surface area contributed by atoms with Crippen LogP contribution < -0.4 is 4.90 Å². The number of benzene rings is 1. The second kappa shape index (κ2) is 6.71. The summed E-state index contributed by atoms with van der Waals surface area (Å²) in [5, 5.41) is 0. The molecule has 1 rings (SSSR count). The third kappa shape index (κ3) is 3.35. The number of anilines is 1. The number of nitrogens with zero attached hydrogens (tertiary/aromatic N) is 1. The van der Waals surface area contributed by atoms with Crippen molar-refractivity contribution in [2.45, 2.75) is 12.8 Å². The summed E-state index contributed by atoms with van der Waals surface area (Å²) in [7, 11) is 1.64. The Labute approximate surface area is 101 Å². The van der Waals surface area contributed by atoms with E-state index in [0.29, 0.717) is 24.7 Å². The number of rotatable bonds is 6. The molecular weight excluding hydrogens is 229 g/mol. The monoisotopic (exact) mass is 245 g/mol. The molecule has 0 saturated heterocycles. The van der Waals surface area contributed by atoms with E-state index in [9.17, 15) is 4.39 Å². The Balaban J connectivity index is 2.83. The van der Waals surface area contributed by atoms with Crippen molar-refractivity contribution < 1.29 is 9.13 Å². The van der Waals surface area contributed by atoms with Crippen LogP contribution in [-0.4, -0.2) is 26.8 Å². The Bertz CT molecular complexity index is 333. The third-order valence-electron chi connectivity index (χ3n) is 2.45. The molecule has 0 radical (unpaired) electrons. The minimum absolute atomic E-state index is 0.226. The Morgan fingerprint density at radius 3 is 2.69 bits per heavy atom. The predicted molar refractivity (Wildman–Crippen MR) is 65.7 cm³/mol. The first-order chi connectivity index (χ1) is 7.72. The number of hydrogen-bond donors (Lipinski definition) is 0. The third-order valence-corrected chi connectivity index (χ3v) is 2.76. The van der Waals surface area contributed by atoms with Crippen molar-refractivity contribution >= 4 is 17.3 Å². The molecular formula is C12H17ClFNO. The molecule has 0 N–H and O–H groups in total. The van der Waals surface area contributed by atoms with E-state index in [2.05, 4.69) is 0 Å². The van der Waals surface area contributed by atoms with Crippen LogP contribution in [0, 0.1) is 5.82 Å². The highest BCUT2D eigenvalue weighted by Gasteiger charge is 2.09. The molecule has 0 atom stereocenters. The van der Waals surface area contributed by atoms with E-state index in [-0.39, 0.29) is 5.82 Å². The van der Waals surface area contributed by atoms with Crippen molar-refractivity contribution in [3.05, 3.63) is 29.6 Å². The average molecular weight is 246 g/mol. The first kappa shape index (κ1) is 13.3. The lowest BCUT2D eigenvalue weighted by Crippen LogP contribution is -2.27. The SMILES string of the molecule is CCN(CCOC)c1ccc(CCl)cc1F. The summed E-state index contributed by atoms with van der Waals surface area (Å²) < 4.78 is 18.8. The van der Waals surface area contributed by atoms with Crippen molar-refractivity contribution in [1.82, 2.24) is 0 Å². The molecule has 0 aliphatic heterocycles. The Kier molecular flexibility index (Phi) is 5.56. The van der Waals surface area contributed by atoms with Gasteiger partial charge in [0.05, 0.1) is 12.3 Å². The highest BCUT2D eigenvalue weighted by Crippen LogP contribution is 2.21. The number of ether oxygens (including phenoxy) is 1. The zero-order chi connectivity index (χ0) is 12.0. The molecule has 4 heteroatoms. The molecule has 16 heavy (non-hydrogen) atoms. The van der Waals surface area contributed by atoms with E-state index >= 15 is 0 Å². The molecule has 0 heterocycles. The normalized spacial score (nSPS) is 10.5. The van der Waals surface area contributed by atoms with Crippen molar-refractivity contribution in [2.24, 2.45) is 0 Å². The maximum atomic E-state index is 13.8. The number of halogens is 2. The molecule has 0 aliphatic rings. The van der Waals surface area contributed by atoms with Crippen LogP contribution in [0.4, 0.5) is 10.1 Å². The lowest BCUT2D eigenvalue weighted by molar-refractivity contribution is 0.205. The average Bonchev–Trinajstić information content (AvgIpc) is 2.31. The van der Waals surface area contributed by atoms with E-state index in [4.69, 9.17) is 16.3 Å². The topological polar surface area (TPSA) is 12.5 Å². The van der Waals surface area contributed by atoms with Crippen LogP contribution in [0.3, 0.4) is 0 Å². The molecule has 1 aromatic carbocycles. The predicted octanol–water partition coefficient (Wildman–Crippen LogP) is 3.04. The van der Waals surface area contributed by atoms with E-state index in [1.165, 1.54) is 6.07 Å². The van der Waals surface area contributed by atoms with Crippen molar-refractivity contribution in [2.75, 3.05) is 31.7 Å². The molecule has 0 aromatic heterocycles. The van der Waals surface area contributed by atoms with Gasteiger partial charge in [-0.2, -0.15) is 0 Å². The highest BCUT2D eigenvalue weighted by atomic mass is 35.5. The molecule has 0 aliphatic carbocycles. The summed E-state index contributed by atoms with van der Waals surface area (Å²) in [5.74, 6) is 0.109. The fraction of sp³-hybridized carbons (Fsp3) is 0.500. The molecule has 0 bridgehead atoms. The van der Waals surface area contributed by atoms with Gasteiger partial charge in [0.1, 0.15) is 5.82 Å². The number of alkyl halides is 1. The van der Waals surface area contributed by atoms with Gasteiger partial charge in [0, 0.05) is 26.1 Å². The molecule has 0 spiro atoms. The van der Waals surface area contributed by atoms with Gasteiger partial charge in [-0.15, -0.1) is 11.6 Å². The van der Waals surface area contributed by atoms with E-state index in [1.807, 2.05) is 17.9 Å². The van der Waals surface area contributed by atoms with Crippen LogP contribution in [0.15, 0.2) is 18.2 Å². The molecule has 90 valence electrons. The summed E-state index contributed by atoms with van der Waals surface area (Å²) in [6, 6.07) is 5.10. The van der Waals surface area contributed by atoms with Gasteiger partial charge < -0.3 is 9.64 Å². The Morgan fingerprint density at radius 1 is 1.44 bits per heavy atom. The molecule has 0 amide bonds. The van der Waals surface area contributed by atoms with Crippen molar-refractivity contribution in [3.8, 4) is 0 Å². The second-order valence-corrected chi connectivity index (χ2v) is 3.76. The number of likely N-dealkylation sites (N-methyl/N-ethyl adjacent to an activating group) is 1. The summed E-state index contributed by atoms with van der Waals surface area (Å²) in [6.07, 6.45) is 0. The van der Waals surface area contributed by atoms with Gasteiger partial charge >= 0.3 is 0 Å².